The van der Waals surface area contributed by atoms with E-state index in [4.69, 9.17) is 5.73 Å². The van der Waals surface area contributed by atoms with Crippen molar-refractivity contribution in [1.82, 2.24) is 4.57 Å². The van der Waals surface area contributed by atoms with Crippen LogP contribution in [0.2, 0.25) is 0 Å². The predicted molar refractivity (Wildman–Crippen MR) is 67.5 cm³/mol. The molecule has 0 atom stereocenters. The van der Waals surface area contributed by atoms with E-state index < -0.39 is 0 Å². The van der Waals surface area contributed by atoms with Crippen LogP contribution in [0.1, 0.15) is 13.8 Å². The van der Waals surface area contributed by atoms with Crippen molar-refractivity contribution < 1.29 is 0 Å². The van der Waals surface area contributed by atoms with Crippen molar-refractivity contribution >= 4 is 16.6 Å². The van der Waals surface area contributed by atoms with Gasteiger partial charge in [0.05, 0.1) is 0 Å². The van der Waals surface area contributed by atoms with E-state index in [1.807, 2.05) is 30.3 Å². The first kappa shape index (κ1) is 10.7. The Bertz CT molecular complexity index is 570. The van der Waals surface area contributed by atoms with Crippen molar-refractivity contribution in [3.05, 3.63) is 40.7 Å². The summed E-state index contributed by atoms with van der Waals surface area (Å²) >= 11 is 0. The quantitative estimate of drug-likeness (QED) is 0.836. The second kappa shape index (κ2) is 4.00. The van der Waals surface area contributed by atoms with Gasteiger partial charge in [0.15, 0.2) is 0 Å². The Hall–Kier alpha value is -1.77. The number of nitrogen functional groups attached to an aromatic ring is 1. The van der Waals surface area contributed by atoms with E-state index in [1.54, 1.807) is 4.57 Å². The zero-order valence-corrected chi connectivity index (χ0v) is 9.60. The van der Waals surface area contributed by atoms with Crippen molar-refractivity contribution in [3.63, 3.8) is 0 Å². The van der Waals surface area contributed by atoms with Gasteiger partial charge in [-0.1, -0.05) is 32.0 Å². The Morgan fingerprint density at radius 2 is 2.00 bits per heavy atom. The van der Waals surface area contributed by atoms with E-state index in [2.05, 4.69) is 13.8 Å². The lowest BCUT2D eigenvalue weighted by molar-refractivity contribution is 0.518. The number of anilines is 1. The Morgan fingerprint density at radius 1 is 1.31 bits per heavy atom. The van der Waals surface area contributed by atoms with Crippen LogP contribution >= 0.6 is 0 Å². The topological polar surface area (TPSA) is 48.0 Å². The molecule has 16 heavy (non-hydrogen) atoms. The second-order valence-electron chi connectivity index (χ2n) is 4.47. The molecular formula is C13H16N2O. The minimum Gasteiger partial charge on any atom is -0.385 e. The second-order valence-corrected chi connectivity index (χ2v) is 4.47. The minimum atomic E-state index is 0.00398. The molecule has 1 aromatic carbocycles. The fourth-order valence-corrected chi connectivity index (χ4v) is 1.87. The molecule has 0 aliphatic rings. The average Bonchev–Trinajstić information content (AvgIpc) is 2.24. The minimum absolute atomic E-state index is 0.00398. The van der Waals surface area contributed by atoms with Gasteiger partial charge in [0.1, 0.15) is 5.82 Å². The number of rotatable bonds is 2. The van der Waals surface area contributed by atoms with Gasteiger partial charge in [-0.05, 0) is 23.4 Å². The van der Waals surface area contributed by atoms with Gasteiger partial charge in [0, 0.05) is 11.9 Å². The molecule has 3 heteroatoms. The van der Waals surface area contributed by atoms with Crippen LogP contribution in [-0.4, -0.2) is 4.57 Å². The summed E-state index contributed by atoms with van der Waals surface area (Å²) in [5.74, 6) is 0.943. The molecule has 0 saturated carbocycles. The summed E-state index contributed by atoms with van der Waals surface area (Å²) in [6.45, 7) is 4.80. The van der Waals surface area contributed by atoms with E-state index in [0.717, 1.165) is 10.8 Å². The zero-order valence-electron chi connectivity index (χ0n) is 9.60. The molecular weight excluding hydrogens is 200 g/mol. The highest BCUT2D eigenvalue weighted by Gasteiger charge is 2.07. The van der Waals surface area contributed by atoms with Gasteiger partial charge in [-0.3, -0.25) is 9.36 Å². The first-order valence-corrected chi connectivity index (χ1v) is 5.47. The van der Waals surface area contributed by atoms with Crippen LogP contribution in [-0.2, 0) is 6.54 Å². The summed E-state index contributed by atoms with van der Waals surface area (Å²) in [4.78, 5) is 12.2. The average molecular weight is 216 g/mol. The summed E-state index contributed by atoms with van der Waals surface area (Å²) in [6.07, 6.45) is 0. The number of fused-ring (bicyclic) bond motifs is 1. The summed E-state index contributed by atoms with van der Waals surface area (Å²) in [7, 11) is 0. The third kappa shape index (κ3) is 1.81. The summed E-state index contributed by atoms with van der Waals surface area (Å²) < 4.78 is 1.65. The summed E-state index contributed by atoms with van der Waals surface area (Å²) in [5.41, 5.74) is 5.90. The molecule has 0 radical (unpaired) electrons. The number of nitrogens with zero attached hydrogens (tertiary/aromatic N) is 1. The van der Waals surface area contributed by atoms with Gasteiger partial charge in [-0.2, -0.15) is 0 Å². The fourth-order valence-electron chi connectivity index (χ4n) is 1.87. The molecule has 1 aromatic heterocycles. The molecule has 2 rings (SSSR count). The molecule has 84 valence electrons. The lowest BCUT2D eigenvalue weighted by Crippen LogP contribution is -2.25. The van der Waals surface area contributed by atoms with Crippen LogP contribution in [0.4, 0.5) is 5.82 Å². The molecule has 1 heterocycles. The van der Waals surface area contributed by atoms with Gasteiger partial charge in [-0.15, -0.1) is 0 Å². The maximum atomic E-state index is 12.2. The number of aromatic nitrogens is 1. The first-order chi connectivity index (χ1) is 7.59. The largest absolute Gasteiger partial charge is 0.385 e. The number of hydrogen-bond acceptors (Lipinski definition) is 2. The van der Waals surface area contributed by atoms with Gasteiger partial charge >= 0.3 is 0 Å². The Kier molecular flexibility index (Phi) is 2.69. The highest BCUT2D eigenvalue weighted by molar-refractivity contribution is 5.83. The summed E-state index contributed by atoms with van der Waals surface area (Å²) in [6, 6.07) is 9.40. The van der Waals surface area contributed by atoms with Crippen LogP contribution in [0.25, 0.3) is 10.8 Å². The lowest BCUT2D eigenvalue weighted by atomic mass is 10.1. The maximum Gasteiger partial charge on any atom is 0.259 e. The first-order valence-electron chi connectivity index (χ1n) is 5.47. The molecule has 0 bridgehead atoms. The molecule has 0 spiro atoms. The van der Waals surface area contributed by atoms with E-state index in [1.165, 1.54) is 0 Å². The van der Waals surface area contributed by atoms with Gasteiger partial charge < -0.3 is 5.73 Å². The smallest absolute Gasteiger partial charge is 0.259 e. The molecule has 0 fully saturated rings. The van der Waals surface area contributed by atoms with Crippen molar-refractivity contribution in [2.75, 3.05) is 5.73 Å². The van der Waals surface area contributed by atoms with Gasteiger partial charge in [-0.25, -0.2) is 0 Å². The standard InChI is InChI=1S/C13H16N2O/c1-9(2)8-15-12(14)7-10-5-3-4-6-11(10)13(15)16/h3-7,9H,8,14H2,1-2H3. The molecule has 0 aliphatic carbocycles. The summed E-state index contributed by atoms with van der Waals surface area (Å²) in [5, 5.41) is 1.64. The molecule has 0 saturated heterocycles. The van der Waals surface area contributed by atoms with Gasteiger partial charge in [0.25, 0.3) is 5.56 Å². The maximum absolute atomic E-state index is 12.2. The Morgan fingerprint density at radius 3 is 2.69 bits per heavy atom. The lowest BCUT2D eigenvalue weighted by Gasteiger charge is -2.13. The highest BCUT2D eigenvalue weighted by Crippen LogP contribution is 2.14. The number of hydrogen-bond donors (Lipinski definition) is 1. The Labute approximate surface area is 94.5 Å². The van der Waals surface area contributed by atoms with Crippen LogP contribution in [0.5, 0.6) is 0 Å². The van der Waals surface area contributed by atoms with Crippen molar-refractivity contribution in [1.29, 1.82) is 0 Å². The molecule has 0 amide bonds. The Balaban J connectivity index is 2.71. The molecule has 2 N–H and O–H groups in total. The SMILES string of the molecule is CC(C)Cn1c(N)cc2ccccc2c1=O. The molecule has 0 aliphatic heterocycles. The monoisotopic (exact) mass is 216 g/mol. The van der Waals surface area contributed by atoms with E-state index in [0.29, 0.717) is 18.3 Å². The van der Waals surface area contributed by atoms with E-state index in [-0.39, 0.29) is 5.56 Å². The zero-order chi connectivity index (χ0) is 11.7. The van der Waals surface area contributed by atoms with Gasteiger partial charge in [0.2, 0.25) is 0 Å². The normalized spacial score (nSPS) is 11.2. The van der Waals surface area contributed by atoms with Crippen LogP contribution in [0, 0.1) is 5.92 Å². The molecule has 3 nitrogen and oxygen atoms in total. The number of pyridine rings is 1. The van der Waals surface area contributed by atoms with E-state index >= 15 is 0 Å². The number of benzene rings is 1. The van der Waals surface area contributed by atoms with Crippen LogP contribution < -0.4 is 11.3 Å². The van der Waals surface area contributed by atoms with E-state index in [9.17, 15) is 4.79 Å². The van der Waals surface area contributed by atoms with Crippen molar-refractivity contribution in [2.24, 2.45) is 5.92 Å². The third-order valence-corrected chi connectivity index (χ3v) is 2.60. The van der Waals surface area contributed by atoms with Crippen LogP contribution in [0.3, 0.4) is 0 Å². The predicted octanol–water partition coefficient (Wildman–Crippen LogP) is 2.24. The highest BCUT2D eigenvalue weighted by atomic mass is 16.1. The van der Waals surface area contributed by atoms with Crippen molar-refractivity contribution in [3.8, 4) is 0 Å². The molecule has 2 aromatic rings. The van der Waals surface area contributed by atoms with Crippen LogP contribution in [0.15, 0.2) is 35.1 Å². The van der Waals surface area contributed by atoms with Crippen molar-refractivity contribution in [2.45, 2.75) is 20.4 Å². The third-order valence-electron chi connectivity index (χ3n) is 2.60. The number of nitrogens with two attached hydrogens (primary N) is 1. The molecule has 0 unspecified atom stereocenters. The fraction of sp³-hybridized carbons (Fsp3) is 0.308.